The molecule has 4 rings (SSSR count). The number of aryl methyl sites for hydroxylation is 1. The molecule has 0 atom stereocenters. The lowest BCUT2D eigenvalue weighted by Gasteiger charge is -2.07. The monoisotopic (exact) mass is 390 g/mol. The predicted molar refractivity (Wildman–Crippen MR) is 110 cm³/mol. The zero-order chi connectivity index (χ0) is 20.5. The number of hydrogen-bond acceptors (Lipinski definition) is 5. The second kappa shape index (κ2) is 7.43. The summed E-state index contributed by atoms with van der Waals surface area (Å²) in [7, 11) is 1.54. The van der Waals surface area contributed by atoms with Gasteiger partial charge in [-0.15, -0.1) is 0 Å². The number of aromatic nitrogens is 2. The highest BCUT2D eigenvalue weighted by Gasteiger charge is 2.24. The average Bonchev–Trinajstić information content (AvgIpc) is 3.46. The number of ether oxygens (including phenoxy) is 1. The van der Waals surface area contributed by atoms with Gasteiger partial charge in [-0.05, 0) is 49.6 Å². The van der Waals surface area contributed by atoms with Crippen LogP contribution >= 0.6 is 0 Å². The number of methoxy groups -OCH3 is 1. The lowest BCUT2D eigenvalue weighted by molar-refractivity contribution is 0.0950. The number of ketones is 1. The minimum Gasteiger partial charge on any atom is -0.497 e. The van der Waals surface area contributed by atoms with Crippen LogP contribution < -0.4 is 15.8 Å². The Bertz CT molecular complexity index is 1100. The van der Waals surface area contributed by atoms with Gasteiger partial charge < -0.3 is 20.8 Å². The zero-order valence-corrected chi connectivity index (χ0v) is 16.3. The number of carbonyl (C=O) groups is 2. The van der Waals surface area contributed by atoms with Crippen molar-refractivity contribution < 1.29 is 14.3 Å². The number of carbonyl (C=O) groups excluding carboxylic acids is 2. The van der Waals surface area contributed by atoms with Crippen LogP contribution in [0.2, 0.25) is 0 Å². The van der Waals surface area contributed by atoms with Crippen LogP contribution in [-0.2, 0) is 0 Å². The molecule has 2 aromatic carbocycles. The van der Waals surface area contributed by atoms with Gasteiger partial charge in [0, 0.05) is 22.7 Å². The number of nitrogen functional groups attached to an aromatic ring is 1. The molecule has 4 N–H and O–H groups in total. The average molecular weight is 390 g/mol. The molecule has 1 aliphatic carbocycles. The van der Waals surface area contributed by atoms with Gasteiger partial charge >= 0.3 is 0 Å². The topological polar surface area (TPSA) is 110 Å². The number of amides is 1. The Kier molecular flexibility index (Phi) is 4.80. The number of anilines is 1. The molecular formula is C22H22N4O3. The minimum absolute atomic E-state index is 0.110. The van der Waals surface area contributed by atoms with E-state index >= 15 is 0 Å². The Morgan fingerprint density at radius 2 is 1.97 bits per heavy atom. The lowest BCUT2D eigenvalue weighted by Crippen LogP contribution is -2.25. The standard InChI is InChI=1S/C22H22N4O3/c1-12-6-7-14(22(28)24-15-8-9-15)11-17(12)21-25-18(20(23)26-21)19(27)13-4-3-5-16(10-13)29-2/h3-7,10-11,15H,8-9,23H2,1-2H3,(H,24,28)(H,25,26). The molecule has 1 aliphatic rings. The van der Waals surface area contributed by atoms with Crippen LogP contribution in [-0.4, -0.2) is 34.8 Å². The summed E-state index contributed by atoms with van der Waals surface area (Å²) in [5, 5.41) is 2.98. The molecule has 1 saturated carbocycles. The highest BCUT2D eigenvalue weighted by atomic mass is 16.5. The van der Waals surface area contributed by atoms with Gasteiger partial charge in [0.1, 0.15) is 17.4 Å². The molecule has 3 aromatic rings. The van der Waals surface area contributed by atoms with Crippen molar-refractivity contribution in [1.82, 2.24) is 15.3 Å². The van der Waals surface area contributed by atoms with Gasteiger partial charge in [-0.3, -0.25) is 9.59 Å². The van der Waals surface area contributed by atoms with E-state index in [1.165, 1.54) is 0 Å². The van der Waals surface area contributed by atoms with Crippen LogP contribution in [0.25, 0.3) is 11.4 Å². The summed E-state index contributed by atoms with van der Waals surface area (Å²) < 4.78 is 5.18. The number of nitrogens with one attached hydrogen (secondary N) is 2. The fourth-order valence-electron chi connectivity index (χ4n) is 3.10. The molecule has 0 radical (unpaired) electrons. The van der Waals surface area contributed by atoms with Crippen LogP contribution in [0.15, 0.2) is 42.5 Å². The first kappa shape index (κ1) is 18.7. The Morgan fingerprint density at radius 1 is 1.17 bits per heavy atom. The number of H-pyrrole nitrogens is 1. The summed E-state index contributed by atoms with van der Waals surface area (Å²) in [6.45, 7) is 1.92. The second-order valence-electron chi connectivity index (χ2n) is 7.19. The number of aromatic amines is 1. The van der Waals surface area contributed by atoms with Gasteiger partial charge in [0.2, 0.25) is 5.78 Å². The van der Waals surface area contributed by atoms with Crippen LogP contribution in [0.4, 0.5) is 5.82 Å². The van der Waals surface area contributed by atoms with Crippen LogP contribution in [0.1, 0.15) is 44.8 Å². The first-order valence-electron chi connectivity index (χ1n) is 9.42. The van der Waals surface area contributed by atoms with Gasteiger partial charge in [-0.25, -0.2) is 4.98 Å². The van der Waals surface area contributed by atoms with Crippen molar-refractivity contribution in [2.75, 3.05) is 12.8 Å². The van der Waals surface area contributed by atoms with Crippen LogP contribution in [0.5, 0.6) is 5.75 Å². The number of nitrogens with two attached hydrogens (primary N) is 1. The molecule has 0 aliphatic heterocycles. The third kappa shape index (κ3) is 3.85. The Balaban J connectivity index is 1.66. The molecule has 29 heavy (non-hydrogen) atoms. The molecule has 0 spiro atoms. The molecular weight excluding hydrogens is 368 g/mol. The quantitative estimate of drug-likeness (QED) is 0.560. The zero-order valence-electron chi connectivity index (χ0n) is 16.3. The summed E-state index contributed by atoms with van der Waals surface area (Å²) in [5.74, 6) is 0.799. The molecule has 7 heteroatoms. The Hall–Kier alpha value is -3.61. The van der Waals surface area contributed by atoms with Crippen molar-refractivity contribution in [2.45, 2.75) is 25.8 Å². The molecule has 1 fully saturated rings. The van der Waals surface area contributed by atoms with Crippen molar-refractivity contribution >= 4 is 17.5 Å². The van der Waals surface area contributed by atoms with E-state index in [2.05, 4.69) is 15.3 Å². The summed E-state index contributed by atoms with van der Waals surface area (Å²) >= 11 is 0. The number of nitrogens with zero attached hydrogens (tertiary/aromatic N) is 1. The molecule has 7 nitrogen and oxygen atoms in total. The second-order valence-corrected chi connectivity index (χ2v) is 7.19. The predicted octanol–water partition coefficient (Wildman–Crippen LogP) is 3.10. The molecule has 0 saturated heterocycles. The van der Waals surface area contributed by atoms with Crippen molar-refractivity contribution in [1.29, 1.82) is 0 Å². The molecule has 0 unspecified atom stereocenters. The summed E-state index contributed by atoms with van der Waals surface area (Å²) in [6, 6.07) is 12.5. The number of hydrogen-bond donors (Lipinski definition) is 3. The number of imidazole rings is 1. The van der Waals surface area contributed by atoms with Crippen LogP contribution in [0.3, 0.4) is 0 Å². The smallest absolute Gasteiger partial charge is 0.251 e. The maximum Gasteiger partial charge on any atom is 0.251 e. The van der Waals surface area contributed by atoms with E-state index in [4.69, 9.17) is 10.5 Å². The van der Waals surface area contributed by atoms with E-state index in [-0.39, 0.29) is 29.2 Å². The van der Waals surface area contributed by atoms with E-state index in [1.807, 2.05) is 13.0 Å². The van der Waals surface area contributed by atoms with Gasteiger partial charge in [0.15, 0.2) is 5.69 Å². The van der Waals surface area contributed by atoms with E-state index in [9.17, 15) is 9.59 Å². The lowest BCUT2D eigenvalue weighted by atomic mass is 10.0. The molecule has 148 valence electrons. The van der Waals surface area contributed by atoms with Gasteiger partial charge in [-0.1, -0.05) is 18.2 Å². The maximum atomic E-state index is 12.9. The van der Waals surface area contributed by atoms with Gasteiger partial charge in [0.05, 0.1) is 7.11 Å². The summed E-state index contributed by atoms with van der Waals surface area (Å²) in [6.07, 6.45) is 2.05. The third-order valence-corrected chi connectivity index (χ3v) is 4.95. The Morgan fingerprint density at radius 3 is 2.69 bits per heavy atom. The van der Waals surface area contributed by atoms with Gasteiger partial charge in [-0.2, -0.15) is 0 Å². The first-order chi connectivity index (χ1) is 14.0. The third-order valence-electron chi connectivity index (χ3n) is 4.95. The largest absolute Gasteiger partial charge is 0.497 e. The van der Waals surface area contributed by atoms with Crippen molar-refractivity contribution in [3.8, 4) is 17.1 Å². The first-order valence-corrected chi connectivity index (χ1v) is 9.42. The van der Waals surface area contributed by atoms with E-state index < -0.39 is 0 Å². The fourth-order valence-corrected chi connectivity index (χ4v) is 3.10. The fraction of sp³-hybridized carbons (Fsp3) is 0.227. The number of benzene rings is 2. The van der Waals surface area contributed by atoms with Crippen molar-refractivity contribution in [2.24, 2.45) is 0 Å². The Labute approximate surface area is 168 Å². The SMILES string of the molecule is COc1cccc(C(=O)c2nc(-c3cc(C(=O)NC4CC4)ccc3C)[nH]c2N)c1. The van der Waals surface area contributed by atoms with Crippen molar-refractivity contribution in [3.05, 3.63) is 64.8 Å². The van der Waals surface area contributed by atoms with E-state index in [0.717, 1.165) is 24.0 Å². The van der Waals surface area contributed by atoms with Crippen LogP contribution in [0, 0.1) is 6.92 Å². The summed E-state index contributed by atoms with van der Waals surface area (Å²) in [5.41, 5.74) is 8.83. The molecule has 1 heterocycles. The maximum absolute atomic E-state index is 12.9. The highest BCUT2D eigenvalue weighted by Crippen LogP contribution is 2.27. The normalized spacial score (nSPS) is 13.2. The highest BCUT2D eigenvalue weighted by molar-refractivity contribution is 6.11. The van der Waals surface area contributed by atoms with E-state index in [0.29, 0.717) is 22.7 Å². The van der Waals surface area contributed by atoms with Gasteiger partial charge in [0.25, 0.3) is 5.91 Å². The summed E-state index contributed by atoms with van der Waals surface area (Å²) in [4.78, 5) is 32.7. The molecule has 1 aromatic heterocycles. The minimum atomic E-state index is -0.302. The van der Waals surface area contributed by atoms with Crippen molar-refractivity contribution in [3.63, 3.8) is 0 Å². The van der Waals surface area contributed by atoms with E-state index in [1.54, 1.807) is 43.5 Å². The molecule has 0 bridgehead atoms. The molecule has 1 amide bonds. The number of rotatable bonds is 6.